The number of ether oxygens (including phenoxy) is 1. The first-order valence-electron chi connectivity index (χ1n) is 5.62. The van der Waals surface area contributed by atoms with E-state index in [9.17, 15) is 4.79 Å². The predicted octanol–water partition coefficient (Wildman–Crippen LogP) is 0.412. The minimum absolute atomic E-state index is 0.0593. The van der Waals surface area contributed by atoms with Gasteiger partial charge in [0.1, 0.15) is 5.82 Å². The fourth-order valence-electron chi connectivity index (χ4n) is 1.69. The van der Waals surface area contributed by atoms with Crippen LogP contribution in [0.25, 0.3) is 0 Å². The number of nitrogens with zero attached hydrogens (tertiary/aromatic N) is 2. The van der Waals surface area contributed by atoms with Crippen molar-refractivity contribution >= 4 is 11.8 Å². The molecule has 17 heavy (non-hydrogen) atoms. The SMILES string of the molecule is COC(=O)c1nccc(NC(CN)C2CC2)n1. The second-order valence-corrected chi connectivity index (χ2v) is 4.08. The zero-order chi connectivity index (χ0) is 12.3. The molecule has 1 heterocycles. The molecule has 1 aliphatic rings. The third kappa shape index (κ3) is 2.91. The first-order chi connectivity index (χ1) is 8.24. The van der Waals surface area contributed by atoms with Gasteiger partial charge in [-0.25, -0.2) is 14.8 Å². The van der Waals surface area contributed by atoms with E-state index in [0.717, 1.165) is 0 Å². The minimum atomic E-state index is -0.538. The van der Waals surface area contributed by atoms with Crippen LogP contribution in [-0.2, 0) is 4.74 Å². The van der Waals surface area contributed by atoms with Crippen LogP contribution in [0.1, 0.15) is 23.5 Å². The van der Waals surface area contributed by atoms with Crippen LogP contribution in [0, 0.1) is 5.92 Å². The van der Waals surface area contributed by atoms with Crippen molar-refractivity contribution in [3.05, 3.63) is 18.1 Å². The highest BCUT2D eigenvalue weighted by atomic mass is 16.5. The molecule has 6 nitrogen and oxygen atoms in total. The molecule has 1 atom stereocenters. The van der Waals surface area contributed by atoms with Crippen molar-refractivity contribution < 1.29 is 9.53 Å². The van der Waals surface area contributed by atoms with Crippen molar-refractivity contribution in [3.8, 4) is 0 Å². The Bertz CT molecular complexity index is 406. The van der Waals surface area contributed by atoms with Gasteiger partial charge in [0.25, 0.3) is 0 Å². The molecule has 1 saturated carbocycles. The van der Waals surface area contributed by atoms with Crippen LogP contribution in [0.15, 0.2) is 12.3 Å². The molecule has 0 aliphatic heterocycles. The number of nitrogens with two attached hydrogens (primary N) is 1. The first-order valence-corrected chi connectivity index (χ1v) is 5.62. The van der Waals surface area contributed by atoms with Gasteiger partial charge in [-0.05, 0) is 24.8 Å². The van der Waals surface area contributed by atoms with Gasteiger partial charge in [0.05, 0.1) is 7.11 Å². The monoisotopic (exact) mass is 236 g/mol. The molecule has 0 aromatic carbocycles. The van der Waals surface area contributed by atoms with Crippen LogP contribution in [0.2, 0.25) is 0 Å². The van der Waals surface area contributed by atoms with Gasteiger partial charge < -0.3 is 15.8 Å². The van der Waals surface area contributed by atoms with E-state index in [0.29, 0.717) is 18.3 Å². The predicted molar refractivity (Wildman–Crippen MR) is 62.6 cm³/mol. The van der Waals surface area contributed by atoms with E-state index < -0.39 is 5.97 Å². The Labute approximate surface area is 99.6 Å². The van der Waals surface area contributed by atoms with Gasteiger partial charge in [0.15, 0.2) is 0 Å². The third-order valence-electron chi connectivity index (χ3n) is 2.80. The average Bonchev–Trinajstić information content (AvgIpc) is 3.19. The molecule has 6 heteroatoms. The second-order valence-electron chi connectivity index (χ2n) is 4.08. The lowest BCUT2D eigenvalue weighted by Crippen LogP contribution is -2.31. The van der Waals surface area contributed by atoms with Crippen molar-refractivity contribution in [1.82, 2.24) is 9.97 Å². The molecule has 0 saturated heterocycles. The Kier molecular flexibility index (Phi) is 3.53. The maximum absolute atomic E-state index is 11.3. The molecule has 0 radical (unpaired) electrons. The molecule has 92 valence electrons. The molecule has 0 bridgehead atoms. The van der Waals surface area contributed by atoms with Crippen LogP contribution >= 0.6 is 0 Å². The summed E-state index contributed by atoms with van der Waals surface area (Å²) < 4.78 is 4.57. The topological polar surface area (TPSA) is 90.1 Å². The quantitative estimate of drug-likeness (QED) is 0.720. The molecule has 1 aromatic heterocycles. The number of hydrogen-bond donors (Lipinski definition) is 2. The zero-order valence-corrected chi connectivity index (χ0v) is 9.72. The fourth-order valence-corrected chi connectivity index (χ4v) is 1.69. The number of carbonyl (C=O) groups is 1. The van der Waals surface area contributed by atoms with E-state index >= 15 is 0 Å². The number of esters is 1. The molecule has 1 aromatic rings. The van der Waals surface area contributed by atoms with Crippen LogP contribution in [-0.4, -0.2) is 35.6 Å². The Morgan fingerprint density at radius 2 is 2.47 bits per heavy atom. The fraction of sp³-hybridized carbons (Fsp3) is 0.545. The van der Waals surface area contributed by atoms with E-state index in [2.05, 4.69) is 20.0 Å². The number of anilines is 1. The van der Waals surface area contributed by atoms with Crippen molar-refractivity contribution in [2.75, 3.05) is 19.0 Å². The summed E-state index contributed by atoms with van der Waals surface area (Å²) in [6, 6.07) is 1.94. The highest BCUT2D eigenvalue weighted by molar-refractivity contribution is 5.85. The maximum atomic E-state index is 11.3. The summed E-state index contributed by atoms with van der Waals surface area (Å²) in [5.41, 5.74) is 5.69. The van der Waals surface area contributed by atoms with Crippen LogP contribution < -0.4 is 11.1 Å². The number of hydrogen-bond acceptors (Lipinski definition) is 6. The summed E-state index contributed by atoms with van der Waals surface area (Å²) in [5, 5.41) is 3.23. The zero-order valence-electron chi connectivity index (χ0n) is 9.72. The molecule has 1 fully saturated rings. The van der Waals surface area contributed by atoms with E-state index in [1.807, 2.05) is 0 Å². The standard InChI is InChI=1S/C11H16N4O2/c1-17-11(16)10-13-5-4-9(15-10)14-8(6-12)7-2-3-7/h4-5,7-8H,2-3,6,12H2,1H3,(H,13,14,15). The summed E-state index contributed by atoms with van der Waals surface area (Å²) in [6.07, 6.45) is 3.93. The number of methoxy groups -OCH3 is 1. The van der Waals surface area contributed by atoms with Crippen molar-refractivity contribution in [2.45, 2.75) is 18.9 Å². The maximum Gasteiger partial charge on any atom is 0.376 e. The second kappa shape index (κ2) is 5.09. The van der Waals surface area contributed by atoms with Crippen LogP contribution in [0.4, 0.5) is 5.82 Å². The van der Waals surface area contributed by atoms with Crippen molar-refractivity contribution in [3.63, 3.8) is 0 Å². The summed E-state index contributed by atoms with van der Waals surface area (Å²) in [5.74, 6) is 0.757. The van der Waals surface area contributed by atoms with Gasteiger partial charge in [0, 0.05) is 18.8 Å². The Morgan fingerprint density at radius 1 is 1.71 bits per heavy atom. The molecular weight excluding hydrogens is 220 g/mol. The molecule has 0 amide bonds. The smallest absolute Gasteiger partial charge is 0.376 e. The number of aromatic nitrogens is 2. The van der Waals surface area contributed by atoms with Gasteiger partial charge in [-0.3, -0.25) is 0 Å². The summed E-state index contributed by atoms with van der Waals surface area (Å²) in [7, 11) is 1.30. The lowest BCUT2D eigenvalue weighted by molar-refractivity contribution is 0.0587. The molecule has 0 spiro atoms. The molecule has 3 N–H and O–H groups in total. The largest absolute Gasteiger partial charge is 0.463 e. The van der Waals surface area contributed by atoms with E-state index in [-0.39, 0.29) is 11.9 Å². The lowest BCUT2D eigenvalue weighted by atomic mass is 10.2. The lowest BCUT2D eigenvalue weighted by Gasteiger charge is -2.16. The van der Waals surface area contributed by atoms with Crippen molar-refractivity contribution in [2.24, 2.45) is 11.7 Å². The Hall–Kier alpha value is -1.69. The first kappa shape index (κ1) is 11.8. The van der Waals surface area contributed by atoms with E-state index in [1.165, 1.54) is 26.1 Å². The normalized spacial score (nSPS) is 16.4. The number of carbonyl (C=O) groups excluding carboxylic acids is 1. The third-order valence-corrected chi connectivity index (χ3v) is 2.80. The number of nitrogens with one attached hydrogen (secondary N) is 1. The molecule has 1 unspecified atom stereocenters. The Balaban J connectivity index is 2.07. The minimum Gasteiger partial charge on any atom is -0.463 e. The number of rotatable bonds is 5. The average molecular weight is 236 g/mol. The van der Waals surface area contributed by atoms with Gasteiger partial charge in [-0.1, -0.05) is 0 Å². The highest BCUT2D eigenvalue weighted by Crippen LogP contribution is 2.33. The summed E-state index contributed by atoms with van der Waals surface area (Å²) in [4.78, 5) is 19.2. The highest BCUT2D eigenvalue weighted by Gasteiger charge is 2.30. The van der Waals surface area contributed by atoms with Gasteiger partial charge >= 0.3 is 5.97 Å². The van der Waals surface area contributed by atoms with Gasteiger partial charge in [0.2, 0.25) is 5.82 Å². The van der Waals surface area contributed by atoms with E-state index in [1.54, 1.807) is 6.07 Å². The van der Waals surface area contributed by atoms with Crippen LogP contribution in [0.5, 0.6) is 0 Å². The Morgan fingerprint density at radius 3 is 3.06 bits per heavy atom. The molecule has 1 aliphatic carbocycles. The summed E-state index contributed by atoms with van der Waals surface area (Å²) in [6.45, 7) is 0.558. The molecule has 2 rings (SSSR count). The summed E-state index contributed by atoms with van der Waals surface area (Å²) >= 11 is 0. The van der Waals surface area contributed by atoms with Crippen LogP contribution in [0.3, 0.4) is 0 Å². The van der Waals surface area contributed by atoms with Gasteiger partial charge in [-0.15, -0.1) is 0 Å². The molecular formula is C11H16N4O2. The van der Waals surface area contributed by atoms with Gasteiger partial charge in [-0.2, -0.15) is 0 Å². The van der Waals surface area contributed by atoms with E-state index in [4.69, 9.17) is 5.73 Å². The van der Waals surface area contributed by atoms with Crippen molar-refractivity contribution in [1.29, 1.82) is 0 Å².